The van der Waals surface area contributed by atoms with Gasteiger partial charge in [-0.1, -0.05) is 0 Å². The number of halogens is 1. The number of nitrogens with zero attached hydrogens (tertiary/aromatic N) is 2. The van der Waals surface area contributed by atoms with Crippen molar-refractivity contribution in [3.05, 3.63) is 54.3 Å². The zero-order valence-electron chi connectivity index (χ0n) is 15.2. The Kier molecular flexibility index (Phi) is 6.34. The largest absolute Gasteiger partial charge is 0.368 e. The van der Waals surface area contributed by atoms with Crippen LogP contribution in [0.2, 0.25) is 0 Å². The first kappa shape index (κ1) is 19.2. The average molecular weight is 387 g/mol. The van der Waals surface area contributed by atoms with E-state index in [0.29, 0.717) is 18.8 Å². The molecule has 0 saturated carbocycles. The smallest absolute Gasteiger partial charge is 0.233 e. The molecule has 2 aromatic rings. The fourth-order valence-corrected chi connectivity index (χ4v) is 3.74. The van der Waals surface area contributed by atoms with Crippen LogP contribution in [0.5, 0.6) is 0 Å². The zero-order valence-corrected chi connectivity index (χ0v) is 16.0. The summed E-state index contributed by atoms with van der Waals surface area (Å²) in [6.45, 7) is 4.29. The highest BCUT2D eigenvalue weighted by Gasteiger charge is 2.21. The molecule has 3 rings (SSSR count). The average Bonchev–Trinajstić information content (AvgIpc) is 2.67. The molecule has 0 bridgehead atoms. The number of rotatable bonds is 5. The lowest BCUT2D eigenvalue weighted by Crippen LogP contribution is -2.49. The first-order valence-corrected chi connectivity index (χ1v) is 9.78. The van der Waals surface area contributed by atoms with Crippen molar-refractivity contribution in [1.82, 2.24) is 4.90 Å². The Hall–Kier alpha value is -2.54. The Balaban J connectivity index is 1.45. The minimum atomic E-state index is -0.241. The molecule has 0 atom stereocenters. The Labute approximate surface area is 162 Å². The van der Waals surface area contributed by atoms with Gasteiger partial charge in [-0.3, -0.25) is 9.59 Å². The standard InChI is InChI=1S/C20H22FN3O2S/c1-15(25)22-17-4-8-19(9-5-17)27-14-20(26)24-12-10-23(11-13-24)18-6-2-16(21)3-7-18/h2-9H,10-14H2,1H3,(H,22,25). The van der Waals surface area contributed by atoms with Crippen molar-refractivity contribution in [1.29, 1.82) is 0 Å². The Morgan fingerprint density at radius 2 is 1.63 bits per heavy atom. The number of thioether (sulfide) groups is 1. The van der Waals surface area contributed by atoms with Crippen LogP contribution in [-0.4, -0.2) is 48.6 Å². The summed E-state index contributed by atoms with van der Waals surface area (Å²) >= 11 is 1.49. The maximum Gasteiger partial charge on any atom is 0.233 e. The highest BCUT2D eigenvalue weighted by Crippen LogP contribution is 2.22. The predicted molar refractivity (Wildman–Crippen MR) is 107 cm³/mol. The van der Waals surface area contributed by atoms with Gasteiger partial charge in [0.2, 0.25) is 11.8 Å². The Morgan fingerprint density at radius 1 is 1.00 bits per heavy atom. The maximum atomic E-state index is 13.0. The van der Waals surface area contributed by atoms with Crippen LogP contribution < -0.4 is 10.2 Å². The van der Waals surface area contributed by atoms with Gasteiger partial charge in [-0.25, -0.2) is 4.39 Å². The lowest BCUT2D eigenvalue weighted by molar-refractivity contribution is -0.128. The molecule has 7 heteroatoms. The van der Waals surface area contributed by atoms with Crippen molar-refractivity contribution in [2.75, 3.05) is 42.1 Å². The zero-order chi connectivity index (χ0) is 19.2. The van der Waals surface area contributed by atoms with E-state index in [2.05, 4.69) is 10.2 Å². The van der Waals surface area contributed by atoms with E-state index in [1.807, 2.05) is 29.2 Å². The number of anilines is 2. The molecule has 27 heavy (non-hydrogen) atoms. The molecule has 1 N–H and O–H groups in total. The lowest BCUT2D eigenvalue weighted by atomic mass is 10.2. The predicted octanol–water partition coefficient (Wildman–Crippen LogP) is 3.23. The summed E-state index contributed by atoms with van der Waals surface area (Å²) in [4.78, 5) is 28.5. The van der Waals surface area contributed by atoms with Gasteiger partial charge >= 0.3 is 0 Å². The fourth-order valence-electron chi connectivity index (χ4n) is 2.94. The first-order chi connectivity index (χ1) is 13.0. The van der Waals surface area contributed by atoms with Crippen LogP contribution in [0, 0.1) is 5.82 Å². The van der Waals surface area contributed by atoms with E-state index in [1.165, 1.54) is 30.8 Å². The first-order valence-electron chi connectivity index (χ1n) is 8.80. The van der Waals surface area contributed by atoms with Crippen molar-refractivity contribution < 1.29 is 14.0 Å². The quantitative estimate of drug-likeness (QED) is 0.801. The van der Waals surface area contributed by atoms with Gasteiger partial charge in [0.25, 0.3) is 0 Å². The van der Waals surface area contributed by atoms with E-state index in [1.54, 1.807) is 12.1 Å². The molecule has 0 aromatic heterocycles. The number of hydrogen-bond donors (Lipinski definition) is 1. The fraction of sp³-hybridized carbons (Fsp3) is 0.300. The van der Waals surface area contributed by atoms with Crippen LogP contribution in [0.25, 0.3) is 0 Å². The number of hydrogen-bond acceptors (Lipinski definition) is 4. The summed E-state index contributed by atoms with van der Waals surface area (Å²) in [7, 11) is 0. The van der Waals surface area contributed by atoms with Crippen molar-refractivity contribution in [2.24, 2.45) is 0 Å². The van der Waals surface area contributed by atoms with Crippen LogP contribution in [0.3, 0.4) is 0 Å². The summed E-state index contributed by atoms with van der Waals surface area (Å²) in [5, 5.41) is 2.72. The third kappa shape index (κ3) is 5.47. The number of benzene rings is 2. The monoisotopic (exact) mass is 387 g/mol. The second kappa shape index (κ2) is 8.90. The van der Waals surface area contributed by atoms with Gasteiger partial charge in [-0.2, -0.15) is 0 Å². The second-order valence-corrected chi connectivity index (χ2v) is 7.39. The third-order valence-electron chi connectivity index (χ3n) is 4.36. The number of carbonyl (C=O) groups is 2. The van der Waals surface area contributed by atoms with Gasteiger partial charge in [0.1, 0.15) is 5.82 Å². The summed E-state index contributed by atoms with van der Waals surface area (Å²) in [6.07, 6.45) is 0. The lowest BCUT2D eigenvalue weighted by Gasteiger charge is -2.36. The van der Waals surface area contributed by atoms with Crippen molar-refractivity contribution >= 4 is 35.0 Å². The number of amides is 2. The molecule has 1 fully saturated rings. The number of nitrogens with one attached hydrogen (secondary N) is 1. The van der Waals surface area contributed by atoms with Crippen LogP contribution >= 0.6 is 11.8 Å². The highest BCUT2D eigenvalue weighted by atomic mass is 32.2. The third-order valence-corrected chi connectivity index (χ3v) is 5.36. The van der Waals surface area contributed by atoms with E-state index in [4.69, 9.17) is 0 Å². The van der Waals surface area contributed by atoms with Gasteiger partial charge in [-0.15, -0.1) is 11.8 Å². The molecule has 0 spiro atoms. The summed E-state index contributed by atoms with van der Waals surface area (Å²) in [6, 6.07) is 13.9. The van der Waals surface area contributed by atoms with Gasteiger partial charge in [0.15, 0.2) is 0 Å². The molecule has 0 radical (unpaired) electrons. The van der Waals surface area contributed by atoms with Crippen LogP contribution in [-0.2, 0) is 9.59 Å². The number of piperazine rings is 1. The summed E-state index contributed by atoms with van der Waals surface area (Å²) < 4.78 is 13.0. The molecule has 0 aliphatic carbocycles. The van der Waals surface area contributed by atoms with Crippen molar-refractivity contribution in [3.63, 3.8) is 0 Å². The van der Waals surface area contributed by atoms with E-state index in [0.717, 1.165) is 29.4 Å². The van der Waals surface area contributed by atoms with Crippen LogP contribution in [0.4, 0.5) is 15.8 Å². The number of carbonyl (C=O) groups excluding carboxylic acids is 2. The summed E-state index contributed by atoms with van der Waals surface area (Å²) in [5.41, 5.74) is 1.73. The van der Waals surface area contributed by atoms with E-state index in [-0.39, 0.29) is 17.6 Å². The Morgan fingerprint density at radius 3 is 2.22 bits per heavy atom. The molecule has 1 saturated heterocycles. The second-order valence-electron chi connectivity index (χ2n) is 6.34. The van der Waals surface area contributed by atoms with E-state index < -0.39 is 0 Å². The molecule has 142 valence electrons. The normalized spacial score (nSPS) is 14.1. The molecule has 2 amide bonds. The van der Waals surface area contributed by atoms with Gasteiger partial charge in [0, 0.05) is 49.4 Å². The topological polar surface area (TPSA) is 52.7 Å². The van der Waals surface area contributed by atoms with E-state index >= 15 is 0 Å². The van der Waals surface area contributed by atoms with Crippen LogP contribution in [0.15, 0.2) is 53.4 Å². The SMILES string of the molecule is CC(=O)Nc1ccc(SCC(=O)N2CCN(c3ccc(F)cc3)CC2)cc1. The minimum absolute atomic E-state index is 0.106. The minimum Gasteiger partial charge on any atom is -0.368 e. The molecule has 0 unspecified atom stereocenters. The van der Waals surface area contributed by atoms with Crippen molar-refractivity contribution in [3.8, 4) is 0 Å². The molecule has 1 heterocycles. The van der Waals surface area contributed by atoms with Crippen LogP contribution in [0.1, 0.15) is 6.92 Å². The molecular formula is C20H22FN3O2S. The molecule has 2 aromatic carbocycles. The maximum absolute atomic E-state index is 13.0. The summed E-state index contributed by atoms with van der Waals surface area (Å²) in [5.74, 6) is 0.153. The highest BCUT2D eigenvalue weighted by molar-refractivity contribution is 8.00. The van der Waals surface area contributed by atoms with Gasteiger partial charge in [-0.05, 0) is 48.5 Å². The molecule has 1 aliphatic rings. The molecule has 1 aliphatic heterocycles. The molecule has 5 nitrogen and oxygen atoms in total. The van der Waals surface area contributed by atoms with Gasteiger partial charge < -0.3 is 15.1 Å². The van der Waals surface area contributed by atoms with Crippen molar-refractivity contribution in [2.45, 2.75) is 11.8 Å². The Bertz CT molecular complexity index is 788. The van der Waals surface area contributed by atoms with E-state index in [9.17, 15) is 14.0 Å². The molecular weight excluding hydrogens is 365 g/mol. The van der Waals surface area contributed by atoms with Gasteiger partial charge in [0.05, 0.1) is 5.75 Å².